The predicted molar refractivity (Wildman–Crippen MR) is 119 cm³/mol. The SMILES string of the molecule is CNC(=O)c1cnc(NC(=O)C2CC2)cc1Nc1cncc(N2CC3(COC3)C2)c1OC. The van der Waals surface area contributed by atoms with Gasteiger partial charge >= 0.3 is 0 Å². The number of amides is 2. The first-order valence-electron chi connectivity index (χ1n) is 10.7. The minimum Gasteiger partial charge on any atom is -0.492 e. The zero-order valence-electron chi connectivity index (χ0n) is 18.1. The highest BCUT2D eigenvalue weighted by atomic mass is 16.5. The minimum atomic E-state index is -0.294. The predicted octanol–water partition coefficient (Wildman–Crippen LogP) is 1.77. The van der Waals surface area contributed by atoms with E-state index in [9.17, 15) is 9.59 Å². The topological polar surface area (TPSA) is 118 Å². The van der Waals surface area contributed by atoms with E-state index in [0.717, 1.165) is 44.8 Å². The van der Waals surface area contributed by atoms with Crippen molar-refractivity contribution >= 4 is 34.7 Å². The number of nitrogens with one attached hydrogen (secondary N) is 3. The molecule has 5 rings (SSSR count). The highest BCUT2D eigenvalue weighted by molar-refractivity contribution is 6.01. The van der Waals surface area contributed by atoms with E-state index in [1.165, 1.54) is 6.20 Å². The molecule has 0 atom stereocenters. The maximum absolute atomic E-state index is 12.4. The third-order valence-electron chi connectivity index (χ3n) is 6.14. The number of ether oxygens (including phenoxy) is 2. The van der Waals surface area contributed by atoms with Crippen LogP contribution in [0.15, 0.2) is 24.7 Å². The number of pyridine rings is 2. The summed E-state index contributed by atoms with van der Waals surface area (Å²) in [5.74, 6) is 0.726. The zero-order valence-corrected chi connectivity index (χ0v) is 18.1. The Morgan fingerprint density at radius 3 is 2.59 bits per heavy atom. The second-order valence-corrected chi connectivity index (χ2v) is 8.67. The Labute approximate surface area is 185 Å². The van der Waals surface area contributed by atoms with Gasteiger partial charge in [0.2, 0.25) is 5.91 Å². The van der Waals surface area contributed by atoms with Gasteiger partial charge in [0.15, 0.2) is 5.75 Å². The molecule has 32 heavy (non-hydrogen) atoms. The molecule has 10 nitrogen and oxygen atoms in total. The van der Waals surface area contributed by atoms with Gasteiger partial charge in [-0.05, 0) is 12.8 Å². The number of hydrogen-bond acceptors (Lipinski definition) is 8. The Balaban J connectivity index is 1.43. The standard InChI is InChI=1S/C22H26N6O4/c1-23-21(30)14-6-25-18(27-20(29)13-3-4-13)5-15(14)26-16-7-24-8-17(19(16)31-2)28-9-22(10-28)11-32-12-22/h5-8,13H,3-4,9-12H2,1-2H3,(H,23,30)(H2,25,26,27,29). The summed E-state index contributed by atoms with van der Waals surface area (Å²) < 4.78 is 11.1. The van der Waals surface area contributed by atoms with Crippen LogP contribution in [0.1, 0.15) is 23.2 Å². The van der Waals surface area contributed by atoms with Gasteiger partial charge in [-0.1, -0.05) is 0 Å². The lowest BCUT2D eigenvalue weighted by molar-refractivity contribution is -0.127. The summed E-state index contributed by atoms with van der Waals surface area (Å²) >= 11 is 0. The summed E-state index contributed by atoms with van der Waals surface area (Å²) in [5.41, 5.74) is 2.59. The van der Waals surface area contributed by atoms with Crippen molar-refractivity contribution in [3.8, 4) is 5.75 Å². The van der Waals surface area contributed by atoms with E-state index in [0.29, 0.717) is 28.5 Å². The zero-order chi connectivity index (χ0) is 22.3. The first kappa shape index (κ1) is 20.5. The second-order valence-electron chi connectivity index (χ2n) is 8.67. The molecule has 1 spiro atoms. The van der Waals surface area contributed by atoms with E-state index in [1.54, 1.807) is 32.6 Å². The molecule has 3 fully saturated rings. The van der Waals surface area contributed by atoms with Crippen LogP contribution in [0.5, 0.6) is 5.75 Å². The van der Waals surface area contributed by atoms with Gasteiger partial charge in [0.1, 0.15) is 17.2 Å². The van der Waals surface area contributed by atoms with Crippen molar-refractivity contribution < 1.29 is 19.1 Å². The average Bonchev–Trinajstić information content (AvgIpc) is 3.57. The van der Waals surface area contributed by atoms with Crippen LogP contribution >= 0.6 is 0 Å². The normalized spacial score (nSPS) is 18.4. The number of rotatable bonds is 7. The van der Waals surface area contributed by atoms with Crippen molar-refractivity contribution in [2.24, 2.45) is 11.3 Å². The van der Waals surface area contributed by atoms with Gasteiger partial charge in [0.25, 0.3) is 5.91 Å². The summed E-state index contributed by atoms with van der Waals surface area (Å²) in [7, 11) is 3.17. The van der Waals surface area contributed by atoms with Gasteiger partial charge in [-0.15, -0.1) is 0 Å². The van der Waals surface area contributed by atoms with E-state index in [4.69, 9.17) is 9.47 Å². The van der Waals surface area contributed by atoms with Crippen molar-refractivity contribution in [3.05, 3.63) is 30.2 Å². The van der Waals surface area contributed by atoms with E-state index < -0.39 is 0 Å². The first-order valence-corrected chi connectivity index (χ1v) is 10.7. The highest BCUT2D eigenvalue weighted by Crippen LogP contribution is 2.45. The Morgan fingerprint density at radius 2 is 1.97 bits per heavy atom. The molecular formula is C22H26N6O4. The molecular weight excluding hydrogens is 412 g/mol. The van der Waals surface area contributed by atoms with Crippen LogP contribution < -0.4 is 25.6 Å². The number of nitrogens with zero attached hydrogens (tertiary/aromatic N) is 3. The quantitative estimate of drug-likeness (QED) is 0.599. The Bertz CT molecular complexity index is 1060. The fourth-order valence-corrected chi connectivity index (χ4v) is 4.14. The lowest BCUT2D eigenvalue weighted by Crippen LogP contribution is -2.66. The van der Waals surface area contributed by atoms with Crippen molar-refractivity contribution in [2.45, 2.75) is 12.8 Å². The van der Waals surface area contributed by atoms with Crippen molar-refractivity contribution in [3.63, 3.8) is 0 Å². The summed E-state index contributed by atoms with van der Waals surface area (Å²) in [6.07, 6.45) is 6.67. The van der Waals surface area contributed by atoms with Crippen LogP contribution in [-0.4, -0.2) is 62.2 Å². The molecule has 1 aliphatic carbocycles. The summed E-state index contributed by atoms with van der Waals surface area (Å²) in [6, 6.07) is 1.65. The molecule has 3 aliphatic rings. The molecule has 2 aromatic heterocycles. The smallest absolute Gasteiger partial charge is 0.254 e. The fraction of sp³-hybridized carbons (Fsp3) is 0.455. The molecule has 4 heterocycles. The number of hydrogen-bond donors (Lipinski definition) is 3. The van der Waals surface area contributed by atoms with Crippen LogP contribution in [0.4, 0.5) is 22.9 Å². The Kier molecular flexibility index (Phi) is 5.09. The van der Waals surface area contributed by atoms with Crippen LogP contribution in [0.25, 0.3) is 0 Å². The summed E-state index contributed by atoms with van der Waals surface area (Å²) in [4.78, 5) is 35.4. The first-order chi connectivity index (χ1) is 15.5. The molecule has 2 aromatic rings. The van der Waals surface area contributed by atoms with Gasteiger partial charge in [-0.25, -0.2) is 4.98 Å². The van der Waals surface area contributed by atoms with Crippen LogP contribution in [0.3, 0.4) is 0 Å². The lowest BCUT2D eigenvalue weighted by atomic mass is 9.78. The number of carbonyl (C=O) groups excluding carboxylic acids is 2. The molecule has 2 amide bonds. The van der Waals surface area contributed by atoms with Gasteiger partial charge in [0.05, 0.1) is 49.4 Å². The van der Waals surface area contributed by atoms with Gasteiger partial charge in [-0.3, -0.25) is 14.6 Å². The molecule has 0 bridgehead atoms. The molecule has 10 heteroatoms. The van der Waals surface area contributed by atoms with Crippen LogP contribution in [0.2, 0.25) is 0 Å². The van der Waals surface area contributed by atoms with Gasteiger partial charge in [-0.2, -0.15) is 0 Å². The van der Waals surface area contributed by atoms with Crippen molar-refractivity contribution in [1.29, 1.82) is 0 Å². The van der Waals surface area contributed by atoms with E-state index in [-0.39, 0.29) is 23.1 Å². The molecule has 0 radical (unpaired) electrons. The van der Waals surface area contributed by atoms with E-state index in [1.807, 2.05) is 0 Å². The largest absolute Gasteiger partial charge is 0.492 e. The van der Waals surface area contributed by atoms with Crippen LogP contribution in [0, 0.1) is 11.3 Å². The second kappa shape index (κ2) is 7.94. The molecule has 2 aliphatic heterocycles. The minimum absolute atomic E-state index is 0.0497. The summed E-state index contributed by atoms with van der Waals surface area (Å²) in [6.45, 7) is 3.37. The highest BCUT2D eigenvalue weighted by Gasteiger charge is 2.49. The number of aromatic nitrogens is 2. The van der Waals surface area contributed by atoms with Crippen molar-refractivity contribution in [1.82, 2.24) is 15.3 Å². The third-order valence-corrected chi connectivity index (χ3v) is 6.14. The monoisotopic (exact) mass is 438 g/mol. The summed E-state index contributed by atoms with van der Waals surface area (Å²) in [5, 5.41) is 8.71. The number of carbonyl (C=O) groups is 2. The molecule has 3 N–H and O–H groups in total. The Hall–Kier alpha value is -3.40. The molecule has 0 unspecified atom stereocenters. The van der Waals surface area contributed by atoms with Crippen molar-refractivity contribution in [2.75, 3.05) is 56.0 Å². The van der Waals surface area contributed by atoms with E-state index >= 15 is 0 Å². The molecule has 0 aromatic carbocycles. The number of anilines is 4. The maximum Gasteiger partial charge on any atom is 0.254 e. The van der Waals surface area contributed by atoms with E-state index in [2.05, 4.69) is 30.8 Å². The molecule has 168 valence electrons. The number of methoxy groups -OCH3 is 1. The fourth-order valence-electron chi connectivity index (χ4n) is 4.14. The maximum atomic E-state index is 12.4. The average molecular weight is 438 g/mol. The molecule has 2 saturated heterocycles. The Morgan fingerprint density at radius 1 is 1.19 bits per heavy atom. The lowest BCUT2D eigenvalue weighted by Gasteiger charge is -2.56. The van der Waals surface area contributed by atoms with Gasteiger partial charge < -0.3 is 30.3 Å². The van der Waals surface area contributed by atoms with Gasteiger partial charge in [0, 0.05) is 38.3 Å². The third kappa shape index (κ3) is 3.70. The van der Waals surface area contributed by atoms with Crippen LogP contribution in [-0.2, 0) is 9.53 Å². The molecule has 1 saturated carbocycles.